The van der Waals surface area contributed by atoms with Gasteiger partial charge in [0.1, 0.15) is 36.5 Å². The zero-order valence-electron chi connectivity index (χ0n) is 26.0. The Morgan fingerprint density at radius 2 is 1.12 bits per heavy atom. The van der Waals surface area contributed by atoms with Crippen LogP contribution in [0.1, 0.15) is 28.3 Å². The lowest BCUT2D eigenvalue weighted by molar-refractivity contribution is 0.0788. The molecule has 11 heteroatoms. The first-order chi connectivity index (χ1) is 23.8. The van der Waals surface area contributed by atoms with Crippen LogP contribution >= 0.6 is 15.9 Å². The highest BCUT2D eigenvalue weighted by Crippen LogP contribution is 2.17. The molecule has 2 aliphatic rings. The van der Waals surface area contributed by atoms with Gasteiger partial charge in [-0.1, -0.05) is 33.7 Å². The van der Waals surface area contributed by atoms with Gasteiger partial charge in [0, 0.05) is 21.2 Å². The average molecular weight is 722 g/mol. The third kappa shape index (κ3) is 7.99. The van der Waals surface area contributed by atoms with Crippen molar-refractivity contribution in [1.82, 2.24) is 19.1 Å². The number of nitrogens with zero attached hydrogens (tertiary/aromatic N) is 4. The van der Waals surface area contributed by atoms with Crippen molar-refractivity contribution in [3.63, 3.8) is 0 Å². The van der Waals surface area contributed by atoms with E-state index in [1.54, 1.807) is 57.7 Å². The van der Waals surface area contributed by atoms with Gasteiger partial charge in [-0.2, -0.15) is 0 Å². The van der Waals surface area contributed by atoms with E-state index in [0.29, 0.717) is 73.0 Å². The van der Waals surface area contributed by atoms with E-state index in [1.807, 2.05) is 12.1 Å². The third-order valence-electron chi connectivity index (χ3n) is 7.62. The zero-order valence-corrected chi connectivity index (χ0v) is 27.5. The summed E-state index contributed by atoms with van der Waals surface area (Å²) in [5.41, 5.74) is 3.49. The molecule has 0 saturated heterocycles. The maximum atomic E-state index is 12.9. The maximum Gasteiger partial charge on any atom is 0.261 e. The molecule has 0 N–H and O–H groups in total. The number of hydrogen-bond acceptors (Lipinski definition) is 6. The van der Waals surface area contributed by atoms with Crippen LogP contribution in [-0.4, -0.2) is 32.3 Å². The van der Waals surface area contributed by atoms with Gasteiger partial charge in [0.2, 0.25) is 0 Å². The second-order valence-electron chi connectivity index (χ2n) is 10.9. The summed E-state index contributed by atoms with van der Waals surface area (Å²) in [6.45, 7) is 2.99. The summed E-state index contributed by atoms with van der Waals surface area (Å²) in [7, 11) is 0. The summed E-state index contributed by atoms with van der Waals surface area (Å²) in [6, 6.07) is 22.7. The molecule has 0 atom stereocenters. The van der Waals surface area contributed by atoms with Gasteiger partial charge in [-0.05, 0) is 84.9 Å². The van der Waals surface area contributed by atoms with E-state index >= 15 is 0 Å². The molecule has 0 saturated carbocycles. The standard InChI is InChI=1S/C19H13FN2O2.C11H9BrN2O2.C8H5F/c20-15-6-3-13(4-7-15)1-2-14-5-8-16-17(11-14)21-18-12-24-10-9-22(18)19(16)23;12-7-1-2-8-9(5-7)13-10-6-16-4-3-14(10)11(8)15;1-2-7-3-5-8(9)6-4-7/h3-8,11H,9-10,12H2;1-2,5H,3-4,6H2;1,3-6H. The van der Waals surface area contributed by atoms with Crippen LogP contribution in [0, 0.1) is 35.8 Å². The van der Waals surface area contributed by atoms with E-state index in [4.69, 9.17) is 15.9 Å². The second-order valence-corrected chi connectivity index (χ2v) is 11.8. The van der Waals surface area contributed by atoms with E-state index in [2.05, 4.69) is 43.7 Å². The van der Waals surface area contributed by atoms with Crippen LogP contribution in [-0.2, 0) is 35.8 Å². The van der Waals surface area contributed by atoms with E-state index < -0.39 is 0 Å². The molecular formula is C38H27BrF2N4O4. The Hall–Kier alpha value is -5.46. The molecule has 0 unspecified atom stereocenters. The number of rotatable bonds is 0. The number of hydrogen-bond donors (Lipinski definition) is 0. The highest BCUT2D eigenvalue weighted by Gasteiger charge is 2.16. The highest BCUT2D eigenvalue weighted by molar-refractivity contribution is 9.10. The summed E-state index contributed by atoms with van der Waals surface area (Å²) < 4.78 is 40.0. The lowest BCUT2D eigenvalue weighted by Gasteiger charge is -2.18. The molecule has 0 bridgehead atoms. The quantitative estimate of drug-likeness (QED) is 0.180. The molecule has 2 aromatic heterocycles. The van der Waals surface area contributed by atoms with Crippen LogP contribution in [0.4, 0.5) is 8.78 Å². The monoisotopic (exact) mass is 720 g/mol. The molecule has 0 spiro atoms. The predicted octanol–water partition coefficient (Wildman–Crippen LogP) is 5.96. The Labute approximate surface area is 288 Å². The van der Waals surface area contributed by atoms with Gasteiger partial charge in [0.15, 0.2) is 0 Å². The lowest BCUT2D eigenvalue weighted by atomic mass is 10.1. The molecule has 0 aliphatic carbocycles. The lowest BCUT2D eigenvalue weighted by Crippen LogP contribution is -2.31. The van der Waals surface area contributed by atoms with Crippen molar-refractivity contribution in [3.8, 4) is 24.2 Å². The molecule has 4 aromatic carbocycles. The summed E-state index contributed by atoms with van der Waals surface area (Å²) in [5.74, 6) is 9.19. The normalized spacial score (nSPS) is 12.9. The van der Waals surface area contributed by atoms with Crippen molar-refractivity contribution < 1.29 is 18.3 Å². The van der Waals surface area contributed by atoms with Crippen LogP contribution < -0.4 is 11.1 Å². The molecule has 0 radical (unpaired) electrons. The Morgan fingerprint density at radius 3 is 1.67 bits per heavy atom. The molecule has 49 heavy (non-hydrogen) atoms. The van der Waals surface area contributed by atoms with E-state index in [1.165, 1.54) is 24.3 Å². The Balaban J connectivity index is 0.000000143. The third-order valence-corrected chi connectivity index (χ3v) is 8.11. The van der Waals surface area contributed by atoms with Crippen molar-refractivity contribution in [2.24, 2.45) is 0 Å². The number of aromatic nitrogens is 4. The number of benzene rings is 4. The maximum absolute atomic E-state index is 12.9. The summed E-state index contributed by atoms with van der Waals surface area (Å²) in [5, 5.41) is 1.24. The van der Waals surface area contributed by atoms with Gasteiger partial charge >= 0.3 is 0 Å². The second kappa shape index (κ2) is 15.2. The first kappa shape index (κ1) is 33.4. The topological polar surface area (TPSA) is 88.2 Å². The summed E-state index contributed by atoms with van der Waals surface area (Å²) in [6.07, 6.45) is 5.03. The van der Waals surface area contributed by atoms with Gasteiger partial charge in [-0.15, -0.1) is 6.42 Å². The molecule has 2 aliphatic heterocycles. The van der Waals surface area contributed by atoms with Crippen molar-refractivity contribution >= 4 is 37.7 Å². The molecule has 8 nitrogen and oxygen atoms in total. The first-order valence-corrected chi connectivity index (χ1v) is 16.0. The van der Waals surface area contributed by atoms with Crippen LogP contribution in [0.25, 0.3) is 21.8 Å². The molecule has 0 amide bonds. The van der Waals surface area contributed by atoms with Crippen LogP contribution in [0.2, 0.25) is 0 Å². The Morgan fingerprint density at radius 1 is 0.653 bits per heavy atom. The summed E-state index contributed by atoms with van der Waals surface area (Å²) >= 11 is 3.37. The van der Waals surface area contributed by atoms with Gasteiger partial charge in [0.25, 0.3) is 11.1 Å². The van der Waals surface area contributed by atoms with Crippen LogP contribution in [0.5, 0.6) is 0 Å². The average Bonchev–Trinajstić information content (AvgIpc) is 3.12. The smallest absolute Gasteiger partial charge is 0.261 e. The fourth-order valence-corrected chi connectivity index (χ4v) is 5.48. The molecule has 4 heterocycles. The number of ether oxygens (including phenoxy) is 2. The van der Waals surface area contributed by atoms with E-state index in [0.717, 1.165) is 21.1 Å². The molecule has 8 rings (SSSR count). The highest BCUT2D eigenvalue weighted by atomic mass is 79.9. The Bertz CT molecular complexity index is 2390. The fourth-order valence-electron chi connectivity index (χ4n) is 5.13. The minimum absolute atomic E-state index is 0.0239. The number of terminal acetylenes is 1. The van der Waals surface area contributed by atoms with Crippen molar-refractivity contribution in [3.05, 3.63) is 150 Å². The van der Waals surface area contributed by atoms with Crippen molar-refractivity contribution in [2.75, 3.05) is 13.2 Å². The fraction of sp³-hybridized carbons (Fsp3) is 0.158. The Kier molecular flexibility index (Phi) is 10.4. The SMILES string of the molecule is C#Cc1ccc(F)cc1.O=c1c2ccc(Br)cc2nc2n1CCOC2.O=c1c2ccc(C#Cc3ccc(F)cc3)cc2nc2n1CCOC2. The van der Waals surface area contributed by atoms with Crippen LogP contribution in [0.15, 0.2) is 99.0 Å². The molecule has 6 aromatic rings. The molecule has 244 valence electrons. The van der Waals surface area contributed by atoms with E-state index in [-0.39, 0.29) is 22.8 Å². The van der Waals surface area contributed by atoms with Gasteiger partial charge < -0.3 is 9.47 Å². The zero-order chi connectivity index (χ0) is 34.3. The van der Waals surface area contributed by atoms with Gasteiger partial charge in [-0.25, -0.2) is 18.7 Å². The largest absolute Gasteiger partial charge is 0.372 e. The minimum atomic E-state index is -0.289. The van der Waals surface area contributed by atoms with Crippen molar-refractivity contribution in [1.29, 1.82) is 0 Å². The molecular weight excluding hydrogens is 694 g/mol. The van der Waals surface area contributed by atoms with Crippen molar-refractivity contribution in [2.45, 2.75) is 26.3 Å². The van der Waals surface area contributed by atoms with E-state index in [9.17, 15) is 18.4 Å². The first-order valence-electron chi connectivity index (χ1n) is 15.2. The predicted molar refractivity (Wildman–Crippen MR) is 186 cm³/mol. The van der Waals surface area contributed by atoms with Gasteiger partial charge in [0.05, 0.1) is 48.1 Å². The number of fused-ring (bicyclic) bond motifs is 4. The minimum Gasteiger partial charge on any atom is -0.372 e. The van der Waals surface area contributed by atoms with Gasteiger partial charge in [-0.3, -0.25) is 18.7 Å². The summed E-state index contributed by atoms with van der Waals surface area (Å²) in [4.78, 5) is 33.6. The molecule has 0 fully saturated rings. The van der Waals surface area contributed by atoms with Crippen LogP contribution in [0.3, 0.4) is 0 Å². The number of halogens is 3.